The van der Waals surface area contributed by atoms with Gasteiger partial charge in [-0.15, -0.1) is 0 Å². The van der Waals surface area contributed by atoms with Gasteiger partial charge in [-0.05, 0) is 31.4 Å². The second kappa shape index (κ2) is 11.5. The van der Waals surface area contributed by atoms with E-state index in [0.29, 0.717) is 0 Å². The number of benzene rings is 1. The van der Waals surface area contributed by atoms with Crippen molar-refractivity contribution in [3.05, 3.63) is 53.4 Å². The molecular weight excluding hydrogens is 450 g/mol. The first-order valence-electron chi connectivity index (χ1n) is 10.6. The van der Waals surface area contributed by atoms with E-state index in [1.165, 1.54) is 32.4 Å². The van der Waals surface area contributed by atoms with Crippen molar-refractivity contribution in [1.29, 1.82) is 0 Å². The predicted molar refractivity (Wildman–Crippen MR) is 119 cm³/mol. The number of methoxy groups -OCH3 is 1. The number of nitrogens with one attached hydrogen (secondary N) is 1. The Labute approximate surface area is 196 Å². The Hall–Kier alpha value is -3.56. The normalized spacial score (nSPS) is 13.6. The molecule has 1 aromatic carbocycles. The first-order chi connectivity index (χ1) is 16.0. The molecule has 10 heteroatoms. The van der Waals surface area contributed by atoms with Gasteiger partial charge in [0.15, 0.2) is 11.4 Å². The van der Waals surface area contributed by atoms with Crippen molar-refractivity contribution in [3.8, 4) is 11.5 Å². The van der Waals surface area contributed by atoms with Crippen LogP contribution < -0.4 is 14.8 Å². The van der Waals surface area contributed by atoms with Crippen molar-refractivity contribution >= 4 is 17.8 Å². The van der Waals surface area contributed by atoms with E-state index in [2.05, 4.69) is 10.3 Å². The molecule has 0 aliphatic carbocycles. The third-order valence-electron chi connectivity index (χ3n) is 5.10. The number of carbonyl (C=O) groups is 3. The molecule has 0 spiro atoms. The minimum Gasteiger partial charge on any atom is -0.493 e. The summed E-state index contributed by atoms with van der Waals surface area (Å²) in [5.41, 5.74) is -0.0318. The summed E-state index contributed by atoms with van der Waals surface area (Å²) < 4.78 is 43.4. The zero-order chi connectivity index (χ0) is 25.6. The Kier molecular flexibility index (Phi) is 9.05. The van der Waals surface area contributed by atoms with Gasteiger partial charge in [0.2, 0.25) is 5.75 Å². The SMILES string of the molecule is COc1ccnc(C(=O)N[C@@H](C)C(=O)O[C@@H](C)[C@H](c2ccc(F)cc2F)C(C)C)c1OC(C)=O. The van der Waals surface area contributed by atoms with E-state index < -0.39 is 47.5 Å². The van der Waals surface area contributed by atoms with Crippen LogP contribution in [0.3, 0.4) is 0 Å². The number of amides is 1. The van der Waals surface area contributed by atoms with Crippen molar-refractivity contribution in [2.45, 2.75) is 52.7 Å². The smallest absolute Gasteiger partial charge is 0.328 e. The number of nitrogens with zero attached hydrogens (tertiary/aromatic N) is 1. The quantitative estimate of drug-likeness (QED) is 0.547. The Morgan fingerprint density at radius 3 is 2.29 bits per heavy atom. The first kappa shape index (κ1) is 26.7. The van der Waals surface area contributed by atoms with Crippen LogP contribution in [0, 0.1) is 17.6 Å². The number of ether oxygens (including phenoxy) is 3. The molecule has 0 radical (unpaired) electrons. The molecule has 2 aromatic rings. The maximum atomic E-state index is 14.4. The predicted octanol–water partition coefficient (Wildman–Crippen LogP) is 3.78. The largest absolute Gasteiger partial charge is 0.493 e. The zero-order valence-corrected chi connectivity index (χ0v) is 19.8. The number of hydrogen-bond donors (Lipinski definition) is 1. The summed E-state index contributed by atoms with van der Waals surface area (Å²) in [6.07, 6.45) is 0.509. The highest BCUT2D eigenvalue weighted by atomic mass is 19.1. The molecule has 0 bridgehead atoms. The van der Waals surface area contributed by atoms with Gasteiger partial charge in [0.25, 0.3) is 5.91 Å². The van der Waals surface area contributed by atoms with Crippen molar-refractivity contribution in [2.24, 2.45) is 5.92 Å². The second-order valence-corrected chi connectivity index (χ2v) is 8.06. The molecule has 0 fully saturated rings. The summed E-state index contributed by atoms with van der Waals surface area (Å²) in [6.45, 7) is 7.82. The van der Waals surface area contributed by atoms with Gasteiger partial charge >= 0.3 is 11.9 Å². The van der Waals surface area contributed by atoms with Crippen LogP contribution in [0.1, 0.15) is 56.6 Å². The van der Waals surface area contributed by atoms with Gasteiger partial charge < -0.3 is 19.5 Å². The van der Waals surface area contributed by atoms with Gasteiger partial charge in [-0.25, -0.2) is 18.6 Å². The second-order valence-electron chi connectivity index (χ2n) is 8.06. The van der Waals surface area contributed by atoms with E-state index in [1.54, 1.807) is 6.92 Å². The van der Waals surface area contributed by atoms with Gasteiger partial charge in [-0.3, -0.25) is 9.59 Å². The molecule has 184 valence electrons. The standard InChI is InChI=1S/C24H28F2N2O6/c1-12(2)20(17-8-7-16(25)11-18(17)26)14(4)33-24(31)13(3)28-23(30)21-22(34-15(5)29)19(32-6)9-10-27-21/h7-14,20H,1-6H3,(H,28,30)/t13-,14-,20+/m0/s1. The summed E-state index contributed by atoms with van der Waals surface area (Å²) in [5, 5.41) is 2.45. The Bertz CT molecular complexity index is 1060. The minimum atomic E-state index is -1.11. The Morgan fingerprint density at radius 2 is 1.74 bits per heavy atom. The number of carbonyl (C=O) groups excluding carboxylic acids is 3. The molecule has 0 saturated heterocycles. The molecule has 1 heterocycles. The van der Waals surface area contributed by atoms with E-state index in [4.69, 9.17) is 14.2 Å². The molecule has 8 nitrogen and oxygen atoms in total. The fourth-order valence-electron chi connectivity index (χ4n) is 3.60. The molecule has 1 N–H and O–H groups in total. The van der Waals surface area contributed by atoms with E-state index >= 15 is 0 Å². The summed E-state index contributed by atoms with van der Waals surface area (Å²) in [5.74, 6) is -4.45. The van der Waals surface area contributed by atoms with E-state index in [9.17, 15) is 23.2 Å². The van der Waals surface area contributed by atoms with Crippen LogP contribution in [-0.4, -0.2) is 42.1 Å². The highest BCUT2D eigenvalue weighted by molar-refractivity contribution is 5.98. The van der Waals surface area contributed by atoms with Crippen LogP contribution in [0.4, 0.5) is 8.78 Å². The topological polar surface area (TPSA) is 104 Å². The van der Waals surface area contributed by atoms with Crippen LogP contribution in [0.5, 0.6) is 11.5 Å². The maximum Gasteiger partial charge on any atom is 0.328 e. The number of aromatic nitrogens is 1. The number of esters is 2. The molecular formula is C24H28F2N2O6. The number of halogens is 2. The van der Waals surface area contributed by atoms with Crippen LogP contribution in [0.15, 0.2) is 30.5 Å². The van der Waals surface area contributed by atoms with Crippen LogP contribution in [0.25, 0.3) is 0 Å². The summed E-state index contributed by atoms with van der Waals surface area (Å²) >= 11 is 0. The lowest BCUT2D eigenvalue weighted by molar-refractivity contribution is -0.151. The number of pyridine rings is 1. The number of hydrogen-bond acceptors (Lipinski definition) is 7. The van der Waals surface area contributed by atoms with Crippen molar-refractivity contribution < 1.29 is 37.4 Å². The van der Waals surface area contributed by atoms with Gasteiger partial charge in [-0.2, -0.15) is 0 Å². The van der Waals surface area contributed by atoms with Gasteiger partial charge in [0, 0.05) is 31.2 Å². The van der Waals surface area contributed by atoms with Crippen LogP contribution >= 0.6 is 0 Å². The lowest BCUT2D eigenvalue weighted by Gasteiger charge is -2.29. The molecule has 0 unspecified atom stereocenters. The third kappa shape index (κ3) is 6.49. The van der Waals surface area contributed by atoms with Crippen molar-refractivity contribution in [1.82, 2.24) is 10.3 Å². The van der Waals surface area contributed by atoms with Crippen LogP contribution in [0.2, 0.25) is 0 Å². The van der Waals surface area contributed by atoms with Gasteiger partial charge in [0.1, 0.15) is 23.8 Å². The van der Waals surface area contributed by atoms with Crippen LogP contribution in [-0.2, 0) is 14.3 Å². The molecule has 3 atom stereocenters. The lowest BCUT2D eigenvalue weighted by atomic mass is 9.84. The molecule has 1 amide bonds. The molecule has 0 aliphatic rings. The molecule has 2 rings (SSSR count). The Balaban J connectivity index is 2.16. The summed E-state index contributed by atoms with van der Waals surface area (Å²) in [7, 11) is 1.33. The Morgan fingerprint density at radius 1 is 1.06 bits per heavy atom. The van der Waals surface area contributed by atoms with Crippen molar-refractivity contribution in [3.63, 3.8) is 0 Å². The van der Waals surface area contributed by atoms with Gasteiger partial charge in [0.05, 0.1) is 7.11 Å². The van der Waals surface area contributed by atoms with E-state index in [1.807, 2.05) is 13.8 Å². The van der Waals surface area contributed by atoms with E-state index in [-0.39, 0.29) is 28.7 Å². The average Bonchev–Trinajstić information content (AvgIpc) is 2.74. The minimum absolute atomic E-state index is 0.111. The third-order valence-corrected chi connectivity index (χ3v) is 5.10. The monoisotopic (exact) mass is 478 g/mol. The summed E-state index contributed by atoms with van der Waals surface area (Å²) in [6, 6.07) is 3.56. The molecule has 34 heavy (non-hydrogen) atoms. The lowest BCUT2D eigenvalue weighted by Crippen LogP contribution is -2.42. The van der Waals surface area contributed by atoms with E-state index in [0.717, 1.165) is 19.1 Å². The highest BCUT2D eigenvalue weighted by Gasteiger charge is 2.31. The van der Waals surface area contributed by atoms with Gasteiger partial charge in [-0.1, -0.05) is 19.9 Å². The maximum absolute atomic E-state index is 14.4. The fraction of sp³-hybridized carbons (Fsp3) is 0.417. The first-order valence-corrected chi connectivity index (χ1v) is 10.6. The zero-order valence-electron chi connectivity index (χ0n) is 19.8. The highest BCUT2D eigenvalue weighted by Crippen LogP contribution is 2.32. The fourth-order valence-corrected chi connectivity index (χ4v) is 3.60. The number of rotatable bonds is 9. The molecule has 1 aromatic heterocycles. The van der Waals surface area contributed by atoms with Crippen molar-refractivity contribution in [2.75, 3.05) is 7.11 Å². The molecule has 0 saturated carbocycles. The molecule has 0 aliphatic heterocycles. The summed E-state index contributed by atoms with van der Waals surface area (Å²) in [4.78, 5) is 40.8. The average molecular weight is 478 g/mol.